The Kier molecular flexibility index (Phi) is 3.88. The summed E-state index contributed by atoms with van der Waals surface area (Å²) in [6, 6.07) is 19.0. The first-order valence-corrected chi connectivity index (χ1v) is 7.80. The van der Waals surface area contributed by atoms with Crippen LogP contribution in [-0.4, -0.2) is 21.8 Å². The summed E-state index contributed by atoms with van der Waals surface area (Å²) in [6.07, 6.45) is 3.66. The van der Waals surface area contributed by atoms with Gasteiger partial charge in [-0.1, -0.05) is 18.2 Å². The lowest BCUT2D eigenvalue weighted by Crippen LogP contribution is -2.09. The maximum Gasteiger partial charge on any atom is 0.211 e. The van der Waals surface area contributed by atoms with Crippen LogP contribution in [-0.2, 0) is 0 Å². The molecule has 1 aromatic heterocycles. The minimum atomic E-state index is -0.0241. The van der Waals surface area contributed by atoms with E-state index in [9.17, 15) is 4.79 Å². The topological polar surface area (TPSA) is 34.9 Å². The summed E-state index contributed by atoms with van der Waals surface area (Å²) in [5.74, 6) is -0.0241. The van der Waals surface area contributed by atoms with Gasteiger partial charge >= 0.3 is 0 Å². The van der Waals surface area contributed by atoms with Gasteiger partial charge in [0.25, 0.3) is 0 Å². The first kappa shape index (κ1) is 13.6. The maximum absolute atomic E-state index is 12.6. The van der Waals surface area contributed by atoms with Crippen LogP contribution in [0, 0.1) is 0 Å². The molecule has 104 valence electrons. The lowest BCUT2D eigenvalue weighted by Gasteiger charge is -2.07. The summed E-state index contributed by atoms with van der Waals surface area (Å²) in [6.45, 7) is 0. The molecule has 0 bridgehead atoms. The molecule has 0 aliphatic rings. The largest absolute Gasteiger partial charge is 0.287 e. The fourth-order valence-electron chi connectivity index (χ4n) is 2.14. The van der Waals surface area contributed by atoms with E-state index in [1.54, 1.807) is 28.7 Å². The van der Waals surface area contributed by atoms with Gasteiger partial charge < -0.3 is 0 Å². The van der Waals surface area contributed by atoms with Crippen LogP contribution in [0.15, 0.2) is 71.8 Å². The Morgan fingerprint density at radius 3 is 2.38 bits per heavy atom. The molecule has 4 heteroatoms. The number of carbonyl (C=O) groups excluding carboxylic acids is 1. The van der Waals surface area contributed by atoms with Crippen molar-refractivity contribution in [1.29, 1.82) is 0 Å². The minimum absolute atomic E-state index is 0.0241. The smallest absolute Gasteiger partial charge is 0.211 e. The van der Waals surface area contributed by atoms with E-state index in [0.717, 1.165) is 10.6 Å². The number of hydrogen-bond acceptors (Lipinski definition) is 3. The molecule has 0 aliphatic heterocycles. The van der Waals surface area contributed by atoms with Gasteiger partial charge in [0, 0.05) is 10.5 Å². The molecule has 0 radical (unpaired) electrons. The molecule has 21 heavy (non-hydrogen) atoms. The van der Waals surface area contributed by atoms with Crippen molar-refractivity contribution in [1.82, 2.24) is 9.78 Å². The highest BCUT2D eigenvalue weighted by molar-refractivity contribution is 7.98. The summed E-state index contributed by atoms with van der Waals surface area (Å²) >= 11 is 1.66. The molecular weight excluding hydrogens is 280 g/mol. The Morgan fingerprint density at radius 2 is 1.71 bits per heavy atom. The molecule has 0 amide bonds. The van der Waals surface area contributed by atoms with Crippen molar-refractivity contribution in [2.45, 2.75) is 4.90 Å². The average Bonchev–Trinajstić information content (AvgIpc) is 3.04. The van der Waals surface area contributed by atoms with Crippen molar-refractivity contribution in [2.24, 2.45) is 0 Å². The van der Waals surface area contributed by atoms with Crippen molar-refractivity contribution in [2.75, 3.05) is 6.26 Å². The van der Waals surface area contributed by atoms with Crippen molar-refractivity contribution in [3.63, 3.8) is 0 Å². The van der Waals surface area contributed by atoms with Gasteiger partial charge in [0.1, 0.15) is 5.69 Å². The number of aromatic nitrogens is 2. The van der Waals surface area contributed by atoms with Crippen molar-refractivity contribution in [3.8, 4) is 5.69 Å². The number of para-hydroxylation sites is 1. The third-order valence-electron chi connectivity index (χ3n) is 3.23. The minimum Gasteiger partial charge on any atom is -0.287 e. The standard InChI is InChI=1S/C17H14N2OS/c1-21-15-9-7-13(8-10-15)17(20)16-11-12-18-19(16)14-5-3-2-4-6-14/h2-12H,1H3. The van der Waals surface area contributed by atoms with Gasteiger partial charge in [-0.05, 0) is 48.7 Å². The highest BCUT2D eigenvalue weighted by atomic mass is 32.2. The van der Waals surface area contributed by atoms with Gasteiger partial charge in [0.2, 0.25) is 5.78 Å². The lowest BCUT2D eigenvalue weighted by molar-refractivity contribution is 0.103. The lowest BCUT2D eigenvalue weighted by atomic mass is 10.1. The van der Waals surface area contributed by atoms with Crippen LogP contribution in [0.25, 0.3) is 5.69 Å². The van der Waals surface area contributed by atoms with Crippen LogP contribution in [0.1, 0.15) is 16.1 Å². The fraction of sp³-hybridized carbons (Fsp3) is 0.0588. The van der Waals surface area contributed by atoms with Gasteiger partial charge in [-0.3, -0.25) is 4.79 Å². The van der Waals surface area contributed by atoms with E-state index in [-0.39, 0.29) is 5.78 Å². The predicted molar refractivity (Wildman–Crippen MR) is 85.2 cm³/mol. The molecule has 0 N–H and O–H groups in total. The fourth-order valence-corrected chi connectivity index (χ4v) is 2.55. The van der Waals surface area contributed by atoms with Crippen molar-refractivity contribution >= 4 is 17.5 Å². The molecule has 3 rings (SSSR count). The third kappa shape index (κ3) is 2.76. The molecule has 0 saturated carbocycles. The SMILES string of the molecule is CSc1ccc(C(=O)c2ccnn2-c2ccccc2)cc1. The average molecular weight is 294 g/mol. The second-order valence-corrected chi connectivity index (χ2v) is 5.40. The molecule has 0 spiro atoms. The summed E-state index contributed by atoms with van der Waals surface area (Å²) in [7, 11) is 0. The summed E-state index contributed by atoms with van der Waals surface area (Å²) < 4.78 is 1.67. The van der Waals surface area contributed by atoms with Gasteiger partial charge in [0.15, 0.2) is 0 Å². The molecule has 0 atom stereocenters. The Balaban J connectivity index is 1.97. The number of hydrogen-bond donors (Lipinski definition) is 0. The molecule has 0 fully saturated rings. The zero-order valence-electron chi connectivity index (χ0n) is 11.6. The molecule has 2 aromatic carbocycles. The number of nitrogens with zero attached hydrogens (tertiary/aromatic N) is 2. The highest BCUT2D eigenvalue weighted by Crippen LogP contribution is 2.18. The summed E-state index contributed by atoms with van der Waals surface area (Å²) in [4.78, 5) is 13.8. The number of ketones is 1. The first-order valence-electron chi connectivity index (χ1n) is 6.58. The molecular formula is C17H14N2OS. The van der Waals surface area contributed by atoms with Crippen LogP contribution in [0.3, 0.4) is 0 Å². The molecule has 1 heterocycles. The van der Waals surface area contributed by atoms with Crippen LogP contribution < -0.4 is 0 Å². The second kappa shape index (κ2) is 5.97. The van der Waals surface area contributed by atoms with Crippen molar-refractivity contribution < 1.29 is 4.79 Å². The Morgan fingerprint density at radius 1 is 1.00 bits per heavy atom. The van der Waals surface area contributed by atoms with Crippen molar-refractivity contribution in [3.05, 3.63) is 78.1 Å². The zero-order valence-corrected chi connectivity index (χ0v) is 12.4. The van der Waals surface area contributed by atoms with E-state index in [0.29, 0.717) is 11.3 Å². The Bertz CT molecular complexity index is 748. The molecule has 0 saturated heterocycles. The van der Waals surface area contributed by atoms with Crippen LogP contribution in [0.2, 0.25) is 0 Å². The number of benzene rings is 2. The van der Waals surface area contributed by atoms with Gasteiger partial charge in [-0.15, -0.1) is 11.8 Å². The van der Waals surface area contributed by atoms with E-state index in [1.165, 1.54) is 0 Å². The highest BCUT2D eigenvalue weighted by Gasteiger charge is 2.15. The normalized spacial score (nSPS) is 10.5. The van der Waals surface area contributed by atoms with E-state index < -0.39 is 0 Å². The molecule has 0 aliphatic carbocycles. The predicted octanol–water partition coefficient (Wildman–Crippen LogP) is 3.83. The van der Waals surface area contributed by atoms with E-state index >= 15 is 0 Å². The maximum atomic E-state index is 12.6. The van der Waals surface area contributed by atoms with Crippen LogP contribution >= 0.6 is 11.8 Å². The van der Waals surface area contributed by atoms with E-state index in [4.69, 9.17) is 0 Å². The van der Waals surface area contributed by atoms with Gasteiger partial charge in [0.05, 0.1) is 11.9 Å². The molecule has 0 unspecified atom stereocenters. The number of carbonyl (C=O) groups is 1. The van der Waals surface area contributed by atoms with Crippen LogP contribution in [0.5, 0.6) is 0 Å². The van der Waals surface area contributed by atoms with Crippen LogP contribution in [0.4, 0.5) is 0 Å². The monoisotopic (exact) mass is 294 g/mol. The van der Waals surface area contributed by atoms with E-state index in [2.05, 4.69) is 5.10 Å². The second-order valence-electron chi connectivity index (χ2n) is 4.52. The first-order chi connectivity index (χ1) is 10.3. The summed E-state index contributed by atoms with van der Waals surface area (Å²) in [5, 5.41) is 4.26. The molecule has 3 nitrogen and oxygen atoms in total. The Hall–Kier alpha value is -2.33. The molecule has 3 aromatic rings. The van der Waals surface area contributed by atoms with Gasteiger partial charge in [-0.25, -0.2) is 4.68 Å². The number of thioether (sulfide) groups is 1. The quantitative estimate of drug-likeness (QED) is 0.542. The van der Waals surface area contributed by atoms with E-state index in [1.807, 2.05) is 60.9 Å². The zero-order chi connectivity index (χ0) is 14.7. The Labute approximate surface area is 127 Å². The third-order valence-corrected chi connectivity index (χ3v) is 3.97. The van der Waals surface area contributed by atoms with Gasteiger partial charge in [-0.2, -0.15) is 5.10 Å². The number of rotatable bonds is 4. The summed E-state index contributed by atoms with van der Waals surface area (Å²) in [5.41, 5.74) is 2.12.